The molecular weight excluding hydrogens is 348 g/mol. The number of sulfonamides is 1. The molecule has 8 heteroatoms. The highest BCUT2D eigenvalue weighted by molar-refractivity contribution is 7.88. The Kier molecular flexibility index (Phi) is 4.70. The molecule has 0 saturated carbocycles. The van der Waals surface area contributed by atoms with Gasteiger partial charge in [-0.2, -0.15) is 4.31 Å². The maximum absolute atomic E-state index is 11.7. The highest BCUT2D eigenvalue weighted by atomic mass is 35.5. The molecule has 1 saturated heterocycles. The van der Waals surface area contributed by atoms with Crippen LogP contribution in [0, 0.1) is 0 Å². The third-order valence-corrected chi connectivity index (χ3v) is 5.91. The lowest BCUT2D eigenvalue weighted by atomic mass is 10.1. The minimum atomic E-state index is -3.16. The van der Waals surface area contributed by atoms with Crippen LogP contribution >= 0.6 is 11.6 Å². The van der Waals surface area contributed by atoms with Crippen molar-refractivity contribution in [1.82, 2.24) is 9.29 Å². The Morgan fingerprint density at radius 1 is 1.25 bits per heavy atom. The van der Waals surface area contributed by atoms with E-state index in [0.717, 1.165) is 22.3 Å². The van der Waals surface area contributed by atoms with Gasteiger partial charge < -0.3 is 10.6 Å². The van der Waals surface area contributed by atoms with Crippen LogP contribution in [-0.2, 0) is 10.0 Å². The van der Waals surface area contributed by atoms with Crippen LogP contribution in [0.25, 0.3) is 10.9 Å². The van der Waals surface area contributed by atoms with Gasteiger partial charge in [0.05, 0.1) is 16.8 Å². The normalized spacial score (nSPS) is 18.1. The van der Waals surface area contributed by atoms with Crippen molar-refractivity contribution >= 4 is 38.3 Å². The SMILES string of the molecule is C[C@H](N)c1cc2cccc(Cl)c2nc1N1CCN(S(C)(=O)=O)CC1. The number of benzene rings is 1. The quantitative estimate of drug-likeness (QED) is 0.896. The summed E-state index contributed by atoms with van der Waals surface area (Å²) in [6.45, 7) is 3.97. The number of para-hydroxylation sites is 1. The predicted molar refractivity (Wildman–Crippen MR) is 98.0 cm³/mol. The number of hydrogen-bond donors (Lipinski definition) is 1. The van der Waals surface area contributed by atoms with Gasteiger partial charge in [-0.05, 0) is 19.1 Å². The van der Waals surface area contributed by atoms with Gasteiger partial charge in [-0.15, -0.1) is 0 Å². The maximum atomic E-state index is 11.7. The molecule has 1 aromatic carbocycles. The van der Waals surface area contributed by atoms with E-state index in [1.165, 1.54) is 10.6 Å². The van der Waals surface area contributed by atoms with Crippen molar-refractivity contribution in [3.63, 3.8) is 0 Å². The van der Waals surface area contributed by atoms with E-state index in [2.05, 4.69) is 4.90 Å². The van der Waals surface area contributed by atoms with Gasteiger partial charge in [0.25, 0.3) is 0 Å². The first kappa shape index (κ1) is 17.4. The molecule has 0 bridgehead atoms. The zero-order chi connectivity index (χ0) is 17.5. The minimum Gasteiger partial charge on any atom is -0.354 e. The zero-order valence-electron chi connectivity index (χ0n) is 13.7. The van der Waals surface area contributed by atoms with E-state index >= 15 is 0 Å². The smallest absolute Gasteiger partial charge is 0.211 e. The molecule has 0 amide bonds. The summed E-state index contributed by atoms with van der Waals surface area (Å²) in [7, 11) is -3.16. The molecule has 24 heavy (non-hydrogen) atoms. The van der Waals surface area contributed by atoms with Crippen molar-refractivity contribution in [3.05, 3.63) is 34.9 Å². The Hall–Kier alpha value is -1.41. The fourth-order valence-corrected chi connectivity index (χ4v) is 4.04. The van der Waals surface area contributed by atoms with Crippen molar-refractivity contribution in [1.29, 1.82) is 0 Å². The van der Waals surface area contributed by atoms with Gasteiger partial charge in [-0.1, -0.05) is 23.7 Å². The Bertz CT molecular complexity index is 862. The largest absolute Gasteiger partial charge is 0.354 e. The molecular formula is C16H21ClN4O2S. The third kappa shape index (κ3) is 3.35. The number of nitrogens with zero attached hydrogens (tertiary/aromatic N) is 3. The lowest BCUT2D eigenvalue weighted by Crippen LogP contribution is -2.49. The fraction of sp³-hybridized carbons (Fsp3) is 0.438. The van der Waals surface area contributed by atoms with Crippen molar-refractivity contribution in [3.8, 4) is 0 Å². The first-order valence-electron chi connectivity index (χ1n) is 7.82. The molecule has 3 rings (SSSR count). The number of aromatic nitrogens is 1. The fourth-order valence-electron chi connectivity index (χ4n) is 2.99. The number of piperazine rings is 1. The topological polar surface area (TPSA) is 79.5 Å². The molecule has 2 heterocycles. The standard InChI is InChI=1S/C16H21ClN4O2S/c1-11(18)13-10-12-4-3-5-14(17)15(12)19-16(13)20-6-8-21(9-7-20)24(2,22)23/h3-5,10-11H,6-9,18H2,1-2H3/t11-/m0/s1. The summed E-state index contributed by atoms with van der Waals surface area (Å²) in [6, 6.07) is 7.52. The second-order valence-electron chi connectivity index (χ2n) is 6.15. The van der Waals surface area contributed by atoms with Gasteiger partial charge in [-0.25, -0.2) is 13.4 Å². The Morgan fingerprint density at radius 2 is 1.92 bits per heavy atom. The van der Waals surface area contributed by atoms with Crippen LogP contribution in [-0.4, -0.2) is 50.1 Å². The average Bonchev–Trinajstić information content (AvgIpc) is 2.53. The summed E-state index contributed by atoms with van der Waals surface area (Å²) < 4.78 is 24.8. The molecule has 0 unspecified atom stereocenters. The minimum absolute atomic E-state index is 0.177. The van der Waals surface area contributed by atoms with Gasteiger partial charge >= 0.3 is 0 Å². The number of anilines is 1. The molecule has 1 aliphatic heterocycles. The number of nitrogens with two attached hydrogens (primary N) is 1. The highest BCUT2D eigenvalue weighted by Gasteiger charge is 2.26. The lowest BCUT2D eigenvalue weighted by Gasteiger charge is -2.35. The number of halogens is 1. The van der Waals surface area contributed by atoms with Crippen molar-refractivity contribution < 1.29 is 8.42 Å². The molecule has 6 nitrogen and oxygen atoms in total. The summed E-state index contributed by atoms with van der Waals surface area (Å²) in [5.74, 6) is 0.791. The van der Waals surface area contributed by atoms with Crippen molar-refractivity contribution in [2.45, 2.75) is 13.0 Å². The predicted octanol–water partition coefficient (Wildman–Crippen LogP) is 1.99. The monoisotopic (exact) mass is 368 g/mol. The summed E-state index contributed by atoms with van der Waals surface area (Å²) in [4.78, 5) is 6.84. The van der Waals surface area contributed by atoms with Crippen LogP contribution in [0.1, 0.15) is 18.5 Å². The summed E-state index contributed by atoms with van der Waals surface area (Å²) in [6.07, 6.45) is 1.24. The molecule has 0 spiro atoms. The van der Waals surface area contributed by atoms with E-state index in [1.807, 2.05) is 31.2 Å². The molecule has 1 aromatic heterocycles. The molecule has 2 aromatic rings. The van der Waals surface area contributed by atoms with E-state index < -0.39 is 10.0 Å². The van der Waals surface area contributed by atoms with Crippen LogP contribution in [0.3, 0.4) is 0 Å². The van der Waals surface area contributed by atoms with E-state index in [0.29, 0.717) is 31.2 Å². The number of rotatable bonds is 3. The Morgan fingerprint density at radius 3 is 2.50 bits per heavy atom. The second-order valence-corrected chi connectivity index (χ2v) is 8.54. The van der Waals surface area contributed by atoms with E-state index in [-0.39, 0.29) is 6.04 Å². The van der Waals surface area contributed by atoms with Crippen molar-refractivity contribution in [2.75, 3.05) is 37.3 Å². The first-order chi connectivity index (χ1) is 11.3. The Balaban J connectivity index is 1.99. The molecule has 1 fully saturated rings. The average molecular weight is 369 g/mol. The molecule has 0 aliphatic carbocycles. The van der Waals surface area contributed by atoms with Crippen LogP contribution in [0.2, 0.25) is 5.02 Å². The second kappa shape index (κ2) is 6.48. The van der Waals surface area contributed by atoms with Gasteiger partial charge in [0.15, 0.2) is 0 Å². The Labute approximate surface area is 147 Å². The van der Waals surface area contributed by atoms with E-state index in [4.69, 9.17) is 22.3 Å². The van der Waals surface area contributed by atoms with E-state index in [1.54, 1.807) is 0 Å². The van der Waals surface area contributed by atoms with Crippen LogP contribution < -0.4 is 10.6 Å². The van der Waals surface area contributed by atoms with Crippen LogP contribution in [0.5, 0.6) is 0 Å². The van der Waals surface area contributed by atoms with Gasteiger partial charge in [-0.3, -0.25) is 0 Å². The number of pyridine rings is 1. The summed E-state index contributed by atoms with van der Waals surface area (Å²) in [5, 5.41) is 1.55. The highest BCUT2D eigenvalue weighted by Crippen LogP contribution is 2.31. The zero-order valence-corrected chi connectivity index (χ0v) is 15.3. The lowest BCUT2D eigenvalue weighted by molar-refractivity contribution is 0.386. The number of fused-ring (bicyclic) bond motifs is 1. The van der Waals surface area contributed by atoms with E-state index in [9.17, 15) is 8.42 Å². The molecule has 130 valence electrons. The number of hydrogen-bond acceptors (Lipinski definition) is 5. The molecule has 1 aliphatic rings. The van der Waals surface area contributed by atoms with Gasteiger partial charge in [0.2, 0.25) is 10.0 Å². The third-order valence-electron chi connectivity index (χ3n) is 4.30. The summed E-state index contributed by atoms with van der Waals surface area (Å²) >= 11 is 6.28. The molecule has 1 atom stereocenters. The van der Waals surface area contributed by atoms with Gasteiger partial charge in [0.1, 0.15) is 5.82 Å². The van der Waals surface area contributed by atoms with Crippen LogP contribution in [0.4, 0.5) is 5.82 Å². The first-order valence-corrected chi connectivity index (χ1v) is 10.0. The molecule has 2 N–H and O–H groups in total. The van der Waals surface area contributed by atoms with Crippen molar-refractivity contribution in [2.24, 2.45) is 5.73 Å². The summed E-state index contributed by atoms with van der Waals surface area (Å²) in [5.41, 5.74) is 7.82. The van der Waals surface area contributed by atoms with Crippen LogP contribution in [0.15, 0.2) is 24.3 Å². The molecule has 0 radical (unpaired) electrons. The van der Waals surface area contributed by atoms with Gasteiger partial charge in [0, 0.05) is 43.2 Å². The maximum Gasteiger partial charge on any atom is 0.211 e.